The van der Waals surface area contributed by atoms with E-state index in [4.69, 9.17) is 4.74 Å². The van der Waals surface area contributed by atoms with E-state index < -0.39 is 0 Å². The Labute approximate surface area is 180 Å². The minimum Gasteiger partial charge on any atom is -0.465 e. The average molecular weight is 482 g/mol. The normalized spacial score (nSPS) is 14.0. The fourth-order valence-electron chi connectivity index (χ4n) is 2.07. The molecule has 1 unspecified atom stereocenters. The van der Waals surface area contributed by atoms with Crippen molar-refractivity contribution in [3.05, 3.63) is 72.9 Å². The molecule has 0 radical (unpaired) electrons. The van der Waals surface area contributed by atoms with Gasteiger partial charge in [0.1, 0.15) is 3.92 Å². The molecule has 27 heavy (non-hydrogen) atoms. The van der Waals surface area contributed by atoms with Gasteiger partial charge < -0.3 is 4.74 Å². The summed E-state index contributed by atoms with van der Waals surface area (Å²) in [6, 6.07) is 0. The van der Waals surface area contributed by atoms with E-state index in [0.29, 0.717) is 6.61 Å². The lowest BCUT2D eigenvalue weighted by molar-refractivity contribution is -0.141. The minimum atomic E-state index is -0.127. The van der Waals surface area contributed by atoms with Crippen molar-refractivity contribution in [2.24, 2.45) is 0 Å². The van der Waals surface area contributed by atoms with Crippen LogP contribution in [-0.4, -0.2) is 16.5 Å². The van der Waals surface area contributed by atoms with Crippen LogP contribution in [0, 0.1) is 0 Å². The molecule has 0 heterocycles. The molecule has 150 valence electrons. The molecule has 0 N–H and O–H groups in total. The molecule has 0 amide bonds. The van der Waals surface area contributed by atoms with Crippen LogP contribution in [0.5, 0.6) is 0 Å². The number of alkyl halides is 1. The summed E-state index contributed by atoms with van der Waals surface area (Å²) in [5, 5.41) is 0. The van der Waals surface area contributed by atoms with Crippen molar-refractivity contribution in [1.29, 1.82) is 0 Å². The second-order valence-corrected chi connectivity index (χ2v) is 7.37. The zero-order chi connectivity index (χ0) is 20.0. The Hall–Kier alpha value is -1.36. The largest absolute Gasteiger partial charge is 0.465 e. The number of hydrogen-bond donors (Lipinski definition) is 0. The molecule has 0 aliphatic heterocycles. The Morgan fingerprint density at radius 2 is 1.07 bits per heavy atom. The van der Waals surface area contributed by atoms with Crippen LogP contribution in [0.3, 0.4) is 0 Å². The molecule has 0 aliphatic rings. The predicted molar refractivity (Wildman–Crippen MR) is 127 cm³/mol. The molecule has 0 fully saturated rings. The van der Waals surface area contributed by atoms with Gasteiger partial charge in [0.05, 0.1) is 6.61 Å². The second kappa shape index (κ2) is 20.9. The van der Waals surface area contributed by atoms with Gasteiger partial charge in [0.2, 0.25) is 0 Å². The first-order valence-electron chi connectivity index (χ1n) is 9.93. The molecular weight excluding hydrogens is 447 g/mol. The molecule has 0 aromatic carbocycles. The maximum Gasteiger partial charge on any atom is 0.319 e. The highest BCUT2D eigenvalue weighted by atomic mass is 127. The number of carbonyl (C=O) groups is 1. The van der Waals surface area contributed by atoms with Gasteiger partial charge in [0.25, 0.3) is 0 Å². The molecule has 2 nitrogen and oxygen atoms in total. The number of ether oxygens (including phenoxy) is 1. The first-order valence-corrected chi connectivity index (χ1v) is 11.2. The Kier molecular flexibility index (Phi) is 19.9. The van der Waals surface area contributed by atoms with Crippen molar-refractivity contribution in [2.75, 3.05) is 6.61 Å². The van der Waals surface area contributed by atoms with Crippen LogP contribution in [0.4, 0.5) is 0 Å². The van der Waals surface area contributed by atoms with E-state index in [1.807, 2.05) is 13.0 Å². The van der Waals surface area contributed by atoms with Crippen molar-refractivity contribution in [3.63, 3.8) is 0 Å². The van der Waals surface area contributed by atoms with Gasteiger partial charge in [-0.05, 0) is 51.9 Å². The summed E-state index contributed by atoms with van der Waals surface area (Å²) in [5.41, 5.74) is 0. The Morgan fingerprint density at radius 1 is 0.704 bits per heavy atom. The first kappa shape index (κ1) is 25.6. The van der Waals surface area contributed by atoms with Crippen LogP contribution >= 0.6 is 22.6 Å². The zero-order valence-corrected chi connectivity index (χ0v) is 19.0. The molecule has 0 aromatic rings. The lowest BCUT2D eigenvalue weighted by Crippen LogP contribution is -2.16. The molecule has 0 spiro atoms. The smallest absolute Gasteiger partial charge is 0.319 e. The van der Waals surface area contributed by atoms with Crippen LogP contribution in [-0.2, 0) is 9.53 Å². The van der Waals surface area contributed by atoms with Crippen molar-refractivity contribution in [2.45, 2.75) is 62.7 Å². The van der Waals surface area contributed by atoms with Gasteiger partial charge in [-0.15, -0.1) is 0 Å². The van der Waals surface area contributed by atoms with Crippen LogP contribution in [0.15, 0.2) is 72.9 Å². The van der Waals surface area contributed by atoms with Crippen LogP contribution in [0.1, 0.15) is 58.8 Å². The molecule has 0 rings (SSSR count). The highest BCUT2D eigenvalue weighted by Crippen LogP contribution is 2.09. The molecule has 3 heteroatoms. The molecule has 1 atom stereocenters. The summed E-state index contributed by atoms with van der Waals surface area (Å²) in [4.78, 5) is 11.5. The molecule has 0 bridgehead atoms. The second-order valence-electron chi connectivity index (χ2n) is 5.87. The van der Waals surface area contributed by atoms with Gasteiger partial charge in [0.15, 0.2) is 0 Å². The predicted octanol–water partition coefficient (Wildman–Crippen LogP) is 7.44. The lowest BCUT2D eigenvalue weighted by Gasteiger charge is -2.05. The van der Waals surface area contributed by atoms with Crippen LogP contribution in [0.2, 0.25) is 0 Å². The van der Waals surface area contributed by atoms with Crippen molar-refractivity contribution in [3.8, 4) is 0 Å². The maximum absolute atomic E-state index is 11.5. The molecule has 0 aromatic heterocycles. The van der Waals surface area contributed by atoms with E-state index in [1.54, 1.807) is 0 Å². The first-order chi connectivity index (χ1) is 13.2. The molecule has 0 aliphatic carbocycles. The van der Waals surface area contributed by atoms with E-state index in [2.05, 4.69) is 96.4 Å². The van der Waals surface area contributed by atoms with E-state index >= 15 is 0 Å². The fourth-order valence-corrected chi connectivity index (χ4v) is 2.54. The minimum absolute atomic E-state index is 0.0906. The van der Waals surface area contributed by atoms with Gasteiger partial charge >= 0.3 is 5.97 Å². The molecule has 0 saturated carbocycles. The van der Waals surface area contributed by atoms with E-state index in [9.17, 15) is 4.79 Å². The summed E-state index contributed by atoms with van der Waals surface area (Å²) in [7, 11) is 0. The van der Waals surface area contributed by atoms with Crippen molar-refractivity contribution >= 4 is 28.6 Å². The summed E-state index contributed by atoms with van der Waals surface area (Å²) in [6.07, 6.45) is 32.8. The Balaban J connectivity index is 3.65. The van der Waals surface area contributed by atoms with Crippen LogP contribution in [0.25, 0.3) is 0 Å². The summed E-state index contributed by atoms with van der Waals surface area (Å²) in [6.45, 7) is 4.43. The number of carbonyl (C=O) groups excluding carboxylic acids is 1. The highest BCUT2D eigenvalue weighted by Gasteiger charge is 2.13. The van der Waals surface area contributed by atoms with Gasteiger partial charge in [0, 0.05) is 0 Å². The number of rotatable bonds is 15. The third-order valence-electron chi connectivity index (χ3n) is 3.48. The Bertz CT molecular complexity index is 524. The van der Waals surface area contributed by atoms with Crippen molar-refractivity contribution < 1.29 is 9.53 Å². The quantitative estimate of drug-likeness (QED) is 0.105. The zero-order valence-electron chi connectivity index (χ0n) is 16.9. The topological polar surface area (TPSA) is 26.3 Å². The van der Waals surface area contributed by atoms with E-state index in [-0.39, 0.29) is 9.89 Å². The Morgan fingerprint density at radius 3 is 1.44 bits per heavy atom. The number of esters is 1. The highest BCUT2D eigenvalue weighted by molar-refractivity contribution is 14.1. The molecular formula is C24H35IO2. The molecule has 0 saturated heterocycles. The maximum atomic E-state index is 11.5. The fraction of sp³-hybridized carbons (Fsp3) is 0.458. The summed E-state index contributed by atoms with van der Waals surface area (Å²) >= 11 is 2.13. The summed E-state index contributed by atoms with van der Waals surface area (Å²) < 4.78 is 4.89. The summed E-state index contributed by atoms with van der Waals surface area (Å²) in [5.74, 6) is -0.127. The van der Waals surface area contributed by atoms with Gasteiger partial charge in [-0.25, -0.2) is 0 Å². The number of hydrogen-bond acceptors (Lipinski definition) is 2. The van der Waals surface area contributed by atoms with Gasteiger partial charge in [-0.3, -0.25) is 4.79 Å². The van der Waals surface area contributed by atoms with Gasteiger partial charge in [-0.2, -0.15) is 0 Å². The number of allylic oxidation sites excluding steroid dienone is 12. The third kappa shape index (κ3) is 19.2. The SMILES string of the molecule is CCC=CCC=CCC=CCC=CCC=CCC=CCC(I)C(=O)OCC. The lowest BCUT2D eigenvalue weighted by atomic mass is 10.2. The average Bonchev–Trinajstić information content (AvgIpc) is 2.67. The monoisotopic (exact) mass is 482 g/mol. The third-order valence-corrected chi connectivity index (χ3v) is 4.50. The standard InChI is InChI=1S/C24H35IO2/c1-3-5-6-7-8-9-10-11-12-13-14-15-16-17-18-19-20-21-22-23(25)24(26)27-4-2/h5-6,8-9,11-12,14-15,17-18,20-21,23H,3-4,7,10,13,16,19,22H2,1-2H3. The van der Waals surface area contributed by atoms with E-state index in [1.165, 1.54) is 0 Å². The number of halogens is 1. The van der Waals surface area contributed by atoms with E-state index in [0.717, 1.165) is 44.9 Å². The van der Waals surface area contributed by atoms with Crippen molar-refractivity contribution in [1.82, 2.24) is 0 Å². The van der Waals surface area contributed by atoms with Gasteiger partial charge in [-0.1, -0.05) is 102 Å². The van der Waals surface area contributed by atoms with Crippen LogP contribution < -0.4 is 0 Å².